The fourth-order valence-corrected chi connectivity index (χ4v) is 1.71. The van der Waals surface area contributed by atoms with Crippen molar-refractivity contribution in [3.8, 4) is 0 Å². The molecule has 1 heterocycles. The number of alkyl halides is 3. The van der Waals surface area contributed by atoms with Gasteiger partial charge in [-0.05, 0) is 19.8 Å². The minimum atomic E-state index is -4.35. The van der Waals surface area contributed by atoms with Crippen LogP contribution in [0.5, 0.6) is 0 Å². The van der Waals surface area contributed by atoms with Gasteiger partial charge >= 0.3 is 12.1 Å². The summed E-state index contributed by atoms with van der Waals surface area (Å²) in [5.74, 6) is -0.632. The van der Waals surface area contributed by atoms with Crippen LogP contribution < -0.4 is 5.32 Å². The molecule has 100 valence electrons. The van der Waals surface area contributed by atoms with E-state index in [9.17, 15) is 18.0 Å². The molecule has 0 aromatic rings. The molecule has 1 aliphatic heterocycles. The molecule has 0 amide bonds. The van der Waals surface area contributed by atoms with Gasteiger partial charge in [-0.15, -0.1) is 0 Å². The lowest BCUT2D eigenvalue weighted by Gasteiger charge is -2.35. The SMILES string of the molecule is CCOC(=O)C1(NCC(F)(F)F)CCOCC1. The smallest absolute Gasteiger partial charge is 0.401 e. The lowest BCUT2D eigenvalue weighted by atomic mass is 9.90. The van der Waals surface area contributed by atoms with Crippen molar-refractivity contribution in [2.45, 2.75) is 31.5 Å². The molecule has 17 heavy (non-hydrogen) atoms. The van der Waals surface area contributed by atoms with Crippen LogP contribution in [0.1, 0.15) is 19.8 Å². The van der Waals surface area contributed by atoms with Gasteiger partial charge in [-0.2, -0.15) is 13.2 Å². The highest BCUT2D eigenvalue weighted by Gasteiger charge is 2.43. The number of esters is 1. The van der Waals surface area contributed by atoms with E-state index in [1.165, 1.54) is 0 Å². The zero-order chi connectivity index (χ0) is 12.9. The van der Waals surface area contributed by atoms with E-state index in [-0.39, 0.29) is 32.7 Å². The lowest BCUT2D eigenvalue weighted by Crippen LogP contribution is -2.58. The Labute approximate surface area is 97.5 Å². The van der Waals surface area contributed by atoms with E-state index in [2.05, 4.69) is 5.32 Å². The molecule has 0 radical (unpaired) electrons. The number of nitrogens with one attached hydrogen (secondary N) is 1. The molecule has 1 saturated heterocycles. The average Bonchev–Trinajstić information content (AvgIpc) is 2.27. The van der Waals surface area contributed by atoms with E-state index in [1.807, 2.05) is 0 Å². The van der Waals surface area contributed by atoms with Gasteiger partial charge in [0, 0.05) is 13.2 Å². The Bertz CT molecular complexity index is 262. The first kappa shape index (κ1) is 14.2. The number of hydrogen-bond acceptors (Lipinski definition) is 4. The second-order valence-corrected chi connectivity index (χ2v) is 3.88. The molecule has 1 fully saturated rings. The third-order valence-electron chi connectivity index (χ3n) is 2.64. The summed E-state index contributed by atoms with van der Waals surface area (Å²) in [6.07, 6.45) is -3.96. The number of rotatable bonds is 4. The Morgan fingerprint density at radius 2 is 2.00 bits per heavy atom. The molecule has 1 rings (SSSR count). The number of ether oxygens (including phenoxy) is 2. The molecule has 1 aliphatic rings. The predicted molar refractivity (Wildman–Crippen MR) is 53.5 cm³/mol. The van der Waals surface area contributed by atoms with Gasteiger partial charge in [-0.3, -0.25) is 10.1 Å². The molecule has 4 nitrogen and oxygen atoms in total. The van der Waals surface area contributed by atoms with Crippen LogP contribution in [0.2, 0.25) is 0 Å². The summed E-state index contributed by atoms with van der Waals surface area (Å²) in [7, 11) is 0. The topological polar surface area (TPSA) is 47.6 Å². The Hall–Kier alpha value is -0.820. The van der Waals surface area contributed by atoms with Gasteiger partial charge in [0.2, 0.25) is 0 Å². The van der Waals surface area contributed by atoms with Gasteiger partial charge in [0.25, 0.3) is 0 Å². The Kier molecular flexibility index (Phi) is 4.76. The zero-order valence-electron chi connectivity index (χ0n) is 9.60. The van der Waals surface area contributed by atoms with Crippen molar-refractivity contribution >= 4 is 5.97 Å². The Morgan fingerprint density at radius 3 is 2.47 bits per heavy atom. The molecule has 0 aromatic heterocycles. The van der Waals surface area contributed by atoms with Gasteiger partial charge in [0.15, 0.2) is 0 Å². The number of halogens is 3. The third kappa shape index (κ3) is 4.16. The average molecular weight is 255 g/mol. The van der Waals surface area contributed by atoms with Crippen molar-refractivity contribution in [3.05, 3.63) is 0 Å². The molecular weight excluding hydrogens is 239 g/mol. The summed E-state index contributed by atoms with van der Waals surface area (Å²) in [5.41, 5.74) is -1.26. The standard InChI is InChI=1S/C10H16F3NO3/c1-2-17-8(15)9(3-5-16-6-4-9)14-7-10(11,12)13/h14H,2-7H2,1H3. The van der Waals surface area contributed by atoms with Crippen molar-refractivity contribution in [2.24, 2.45) is 0 Å². The van der Waals surface area contributed by atoms with E-state index in [0.29, 0.717) is 0 Å². The van der Waals surface area contributed by atoms with Gasteiger partial charge in [-0.1, -0.05) is 0 Å². The van der Waals surface area contributed by atoms with Crippen molar-refractivity contribution < 1.29 is 27.4 Å². The molecule has 0 unspecified atom stereocenters. The minimum Gasteiger partial charge on any atom is -0.465 e. The van der Waals surface area contributed by atoms with Gasteiger partial charge in [-0.25, -0.2) is 0 Å². The highest BCUT2D eigenvalue weighted by atomic mass is 19.4. The van der Waals surface area contributed by atoms with Gasteiger partial charge in [0.05, 0.1) is 13.2 Å². The molecule has 0 saturated carbocycles. The molecular formula is C10H16F3NO3. The van der Waals surface area contributed by atoms with E-state index in [1.54, 1.807) is 6.92 Å². The van der Waals surface area contributed by atoms with Crippen molar-refractivity contribution in [1.82, 2.24) is 5.32 Å². The maximum absolute atomic E-state index is 12.2. The molecule has 1 N–H and O–H groups in total. The van der Waals surface area contributed by atoms with Crippen LogP contribution in [0.3, 0.4) is 0 Å². The highest BCUT2D eigenvalue weighted by Crippen LogP contribution is 2.24. The van der Waals surface area contributed by atoms with E-state index < -0.39 is 24.2 Å². The molecule has 0 spiro atoms. The normalized spacial score (nSPS) is 20.0. The number of carbonyl (C=O) groups excluding carboxylic acids is 1. The maximum atomic E-state index is 12.2. The lowest BCUT2D eigenvalue weighted by molar-refractivity contribution is -0.160. The summed E-state index contributed by atoms with van der Waals surface area (Å²) in [5, 5.41) is 2.28. The first-order chi connectivity index (χ1) is 7.90. The fourth-order valence-electron chi connectivity index (χ4n) is 1.71. The van der Waals surface area contributed by atoms with Crippen LogP contribution in [-0.2, 0) is 14.3 Å². The molecule has 0 bridgehead atoms. The van der Waals surface area contributed by atoms with Crippen LogP contribution in [0.25, 0.3) is 0 Å². The Balaban J connectivity index is 2.68. The van der Waals surface area contributed by atoms with Crippen LogP contribution in [0, 0.1) is 0 Å². The summed E-state index contributed by atoms with van der Waals surface area (Å²) < 4.78 is 46.4. The second kappa shape index (κ2) is 5.68. The first-order valence-electron chi connectivity index (χ1n) is 5.46. The van der Waals surface area contributed by atoms with Gasteiger partial charge < -0.3 is 9.47 Å². The Morgan fingerprint density at radius 1 is 1.41 bits per heavy atom. The summed E-state index contributed by atoms with van der Waals surface area (Å²) in [6.45, 7) is 1.07. The second-order valence-electron chi connectivity index (χ2n) is 3.88. The van der Waals surface area contributed by atoms with E-state index in [0.717, 1.165) is 0 Å². The van der Waals surface area contributed by atoms with Crippen molar-refractivity contribution in [1.29, 1.82) is 0 Å². The first-order valence-corrected chi connectivity index (χ1v) is 5.46. The number of carbonyl (C=O) groups is 1. The monoisotopic (exact) mass is 255 g/mol. The van der Waals surface area contributed by atoms with E-state index >= 15 is 0 Å². The molecule has 0 aliphatic carbocycles. The minimum absolute atomic E-state index is 0.148. The number of hydrogen-bond donors (Lipinski definition) is 1. The fraction of sp³-hybridized carbons (Fsp3) is 0.900. The van der Waals surface area contributed by atoms with E-state index in [4.69, 9.17) is 9.47 Å². The van der Waals surface area contributed by atoms with Crippen LogP contribution in [-0.4, -0.2) is 44.0 Å². The van der Waals surface area contributed by atoms with Gasteiger partial charge in [0.1, 0.15) is 5.54 Å². The van der Waals surface area contributed by atoms with Crippen molar-refractivity contribution in [3.63, 3.8) is 0 Å². The van der Waals surface area contributed by atoms with Crippen molar-refractivity contribution in [2.75, 3.05) is 26.4 Å². The molecule has 0 aromatic carbocycles. The predicted octanol–water partition coefficient (Wildman–Crippen LogP) is 1.25. The van der Waals surface area contributed by atoms with Crippen LogP contribution in [0.15, 0.2) is 0 Å². The third-order valence-corrected chi connectivity index (χ3v) is 2.64. The summed E-state index contributed by atoms with van der Waals surface area (Å²) in [4.78, 5) is 11.7. The van der Waals surface area contributed by atoms with Crippen LogP contribution >= 0.6 is 0 Å². The largest absolute Gasteiger partial charge is 0.465 e. The summed E-state index contributed by atoms with van der Waals surface area (Å²) in [6, 6.07) is 0. The molecule has 7 heteroatoms. The van der Waals surface area contributed by atoms with Crippen LogP contribution in [0.4, 0.5) is 13.2 Å². The summed E-state index contributed by atoms with van der Waals surface area (Å²) >= 11 is 0. The maximum Gasteiger partial charge on any atom is 0.401 e. The zero-order valence-corrected chi connectivity index (χ0v) is 9.60. The molecule has 0 atom stereocenters. The highest BCUT2D eigenvalue weighted by molar-refractivity contribution is 5.81. The quantitative estimate of drug-likeness (QED) is 0.768.